The van der Waals surface area contributed by atoms with Crippen molar-refractivity contribution in [2.45, 2.75) is 90.8 Å². The van der Waals surface area contributed by atoms with Gasteiger partial charge in [0.2, 0.25) is 17.7 Å². The number of amides is 6. The van der Waals surface area contributed by atoms with E-state index in [0.29, 0.717) is 32.7 Å². The number of hydrogen-bond donors (Lipinski definition) is 3. The minimum absolute atomic E-state index is 0.00283. The van der Waals surface area contributed by atoms with Crippen LogP contribution in [0, 0.1) is 17.8 Å². The molecule has 0 aromatic heterocycles. The second-order valence-electron chi connectivity index (χ2n) is 15.4. The fourth-order valence-corrected chi connectivity index (χ4v) is 6.93. The Morgan fingerprint density at radius 1 is 0.868 bits per heavy atom. The number of alkyl carbamates (subject to hydrolysis) is 1. The predicted molar refractivity (Wildman–Crippen MR) is 198 cm³/mol. The molecule has 3 aliphatic rings. The van der Waals surface area contributed by atoms with Crippen molar-refractivity contribution in [1.29, 1.82) is 0 Å². The summed E-state index contributed by atoms with van der Waals surface area (Å²) < 4.78 is 5.13. The molecule has 2 unspecified atom stereocenters. The molecule has 2 atom stereocenters. The highest BCUT2D eigenvalue weighted by Crippen LogP contribution is 2.32. The Labute approximate surface area is 312 Å². The number of carbonyl (C=O) groups excluding carboxylic acids is 5. The molecule has 288 valence electrons. The summed E-state index contributed by atoms with van der Waals surface area (Å²) in [6.07, 6.45) is 2.69. The standard InChI is InChI=1S/C26H36N4O4.C14H19NO4/c1-18(2)24(32)28-12-14-29(15-13-28)25(33)21-10-8-19(9-11-21)17-30-23(31)16-22(27-26(30)34)20-6-4-3-5-7-20;1-14(2,3)19-13(18)15-11(9-12(16)17)10-7-5-4-6-8-10/h3-7,18-19,21-22H,8-17H2,1-2H3,(H,27,34);4-8,11H,9H2,1-3H3,(H,15,18)(H,16,17)/t19-,21-,22?;. The van der Waals surface area contributed by atoms with Gasteiger partial charge < -0.3 is 30.3 Å². The van der Waals surface area contributed by atoms with Crippen molar-refractivity contribution in [1.82, 2.24) is 25.3 Å². The maximum atomic E-state index is 13.0. The number of ether oxygens (including phenoxy) is 1. The highest BCUT2D eigenvalue weighted by molar-refractivity contribution is 5.97. The van der Waals surface area contributed by atoms with Crippen LogP contribution in [0.15, 0.2) is 60.7 Å². The SMILES string of the molecule is CC(C)(C)OC(=O)NC(CC(=O)O)c1ccccc1.CC(C)C(=O)N1CCN(C(=O)[C@H]2CC[C@H](CN3C(=O)CC(c4ccccc4)NC3=O)CC2)CC1. The first-order chi connectivity index (χ1) is 25.1. The molecule has 2 aromatic rings. The summed E-state index contributed by atoms with van der Waals surface area (Å²) in [5.41, 5.74) is 1.06. The number of carboxylic acids is 1. The zero-order valence-electron chi connectivity index (χ0n) is 31.6. The van der Waals surface area contributed by atoms with Crippen molar-refractivity contribution in [3.8, 4) is 0 Å². The highest BCUT2D eigenvalue weighted by atomic mass is 16.6. The van der Waals surface area contributed by atoms with Crippen LogP contribution in [0.25, 0.3) is 0 Å². The van der Waals surface area contributed by atoms with E-state index < -0.39 is 23.7 Å². The molecule has 13 heteroatoms. The Morgan fingerprint density at radius 3 is 1.96 bits per heavy atom. The minimum atomic E-state index is -0.982. The summed E-state index contributed by atoms with van der Waals surface area (Å²) in [6.45, 7) is 11.9. The van der Waals surface area contributed by atoms with E-state index in [1.165, 1.54) is 4.90 Å². The van der Waals surface area contributed by atoms with Gasteiger partial charge in [-0.25, -0.2) is 9.59 Å². The van der Waals surface area contributed by atoms with Gasteiger partial charge in [0.15, 0.2) is 0 Å². The first kappa shape index (κ1) is 40.8. The summed E-state index contributed by atoms with van der Waals surface area (Å²) >= 11 is 0. The van der Waals surface area contributed by atoms with Crippen LogP contribution in [-0.4, -0.2) is 93.9 Å². The van der Waals surface area contributed by atoms with Gasteiger partial charge >= 0.3 is 18.1 Å². The topological polar surface area (TPSA) is 166 Å². The van der Waals surface area contributed by atoms with Gasteiger partial charge in [0, 0.05) is 44.6 Å². The van der Waals surface area contributed by atoms with Gasteiger partial charge in [-0.2, -0.15) is 0 Å². The van der Waals surface area contributed by atoms with E-state index >= 15 is 0 Å². The molecule has 0 radical (unpaired) electrons. The molecule has 2 aromatic carbocycles. The van der Waals surface area contributed by atoms with E-state index in [2.05, 4.69) is 10.6 Å². The number of piperazine rings is 1. The second kappa shape index (κ2) is 18.7. The average molecular weight is 734 g/mol. The van der Waals surface area contributed by atoms with E-state index in [1.807, 2.05) is 60.0 Å². The molecule has 0 bridgehead atoms. The van der Waals surface area contributed by atoms with Crippen molar-refractivity contribution < 1.29 is 38.6 Å². The van der Waals surface area contributed by atoms with Crippen LogP contribution < -0.4 is 10.6 Å². The van der Waals surface area contributed by atoms with Gasteiger partial charge in [-0.15, -0.1) is 0 Å². The van der Waals surface area contributed by atoms with Gasteiger partial charge in [0.25, 0.3) is 0 Å². The minimum Gasteiger partial charge on any atom is -0.481 e. The zero-order valence-corrected chi connectivity index (χ0v) is 31.6. The number of carboxylic acid groups (broad SMARTS) is 1. The molecule has 5 rings (SSSR count). The molecule has 53 heavy (non-hydrogen) atoms. The lowest BCUT2D eigenvalue weighted by atomic mass is 9.81. The van der Waals surface area contributed by atoms with Crippen molar-refractivity contribution in [3.05, 3.63) is 71.8 Å². The number of nitrogens with zero attached hydrogens (tertiary/aromatic N) is 3. The maximum absolute atomic E-state index is 13.0. The smallest absolute Gasteiger partial charge is 0.408 e. The lowest BCUT2D eigenvalue weighted by molar-refractivity contribution is -0.144. The molecular weight excluding hydrogens is 678 g/mol. The van der Waals surface area contributed by atoms with Crippen LogP contribution in [0.5, 0.6) is 0 Å². The van der Waals surface area contributed by atoms with Gasteiger partial charge in [-0.1, -0.05) is 74.5 Å². The normalized spacial score (nSPS) is 21.2. The number of rotatable bonds is 9. The van der Waals surface area contributed by atoms with Crippen LogP contribution >= 0.6 is 0 Å². The molecule has 13 nitrogen and oxygen atoms in total. The molecular formula is C40H55N5O8. The Kier molecular flexibility index (Phi) is 14.4. The lowest BCUT2D eigenvalue weighted by Gasteiger charge is -2.39. The van der Waals surface area contributed by atoms with Crippen molar-refractivity contribution in [2.75, 3.05) is 32.7 Å². The molecule has 6 amide bonds. The van der Waals surface area contributed by atoms with Crippen LogP contribution in [0.3, 0.4) is 0 Å². The Hall–Kier alpha value is -4.94. The van der Waals surface area contributed by atoms with Gasteiger partial charge in [0.1, 0.15) is 5.60 Å². The largest absolute Gasteiger partial charge is 0.481 e. The molecule has 2 aliphatic heterocycles. The number of urea groups is 1. The molecule has 3 N–H and O–H groups in total. The fraction of sp³-hybridized carbons (Fsp3) is 0.550. The quantitative estimate of drug-likeness (QED) is 0.303. The average Bonchev–Trinajstić information content (AvgIpc) is 3.12. The van der Waals surface area contributed by atoms with Crippen LogP contribution in [0.4, 0.5) is 9.59 Å². The first-order valence-electron chi connectivity index (χ1n) is 18.6. The molecule has 2 heterocycles. The number of hydrogen-bond acceptors (Lipinski definition) is 7. The lowest BCUT2D eigenvalue weighted by Crippen LogP contribution is -2.53. The third-order valence-corrected chi connectivity index (χ3v) is 9.73. The molecule has 0 spiro atoms. The number of benzene rings is 2. The summed E-state index contributed by atoms with van der Waals surface area (Å²) in [7, 11) is 0. The summed E-state index contributed by atoms with van der Waals surface area (Å²) in [4.78, 5) is 78.3. The second-order valence-corrected chi connectivity index (χ2v) is 15.4. The maximum Gasteiger partial charge on any atom is 0.408 e. The zero-order chi connectivity index (χ0) is 38.7. The fourth-order valence-electron chi connectivity index (χ4n) is 6.93. The first-order valence-corrected chi connectivity index (χ1v) is 18.6. The predicted octanol–water partition coefficient (Wildman–Crippen LogP) is 5.53. The van der Waals surface area contributed by atoms with Crippen molar-refractivity contribution in [3.63, 3.8) is 0 Å². The van der Waals surface area contributed by atoms with Gasteiger partial charge in [-0.05, 0) is 63.5 Å². The summed E-state index contributed by atoms with van der Waals surface area (Å²) in [5, 5.41) is 14.4. The Morgan fingerprint density at radius 2 is 1.43 bits per heavy atom. The highest BCUT2D eigenvalue weighted by Gasteiger charge is 2.37. The summed E-state index contributed by atoms with van der Waals surface area (Å²) in [6, 6.07) is 17.3. The van der Waals surface area contributed by atoms with E-state index in [4.69, 9.17) is 9.84 Å². The molecule has 3 fully saturated rings. The third kappa shape index (κ3) is 12.3. The molecule has 1 saturated carbocycles. The van der Waals surface area contributed by atoms with Gasteiger partial charge in [-0.3, -0.25) is 24.1 Å². The third-order valence-electron chi connectivity index (χ3n) is 9.73. The Bertz CT molecular complexity index is 1540. The number of nitrogens with one attached hydrogen (secondary N) is 2. The number of imide groups is 1. The van der Waals surface area contributed by atoms with Gasteiger partial charge in [0.05, 0.1) is 24.9 Å². The van der Waals surface area contributed by atoms with E-state index in [-0.39, 0.29) is 60.4 Å². The molecule has 2 saturated heterocycles. The monoisotopic (exact) mass is 733 g/mol. The Balaban J connectivity index is 0.000000281. The van der Waals surface area contributed by atoms with E-state index in [1.54, 1.807) is 45.0 Å². The van der Waals surface area contributed by atoms with Crippen molar-refractivity contribution in [2.24, 2.45) is 17.8 Å². The van der Waals surface area contributed by atoms with E-state index in [0.717, 1.165) is 36.8 Å². The molecule has 1 aliphatic carbocycles. The van der Waals surface area contributed by atoms with E-state index in [9.17, 15) is 28.8 Å². The van der Waals surface area contributed by atoms with Crippen LogP contribution in [0.2, 0.25) is 0 Å². The van der Waals surface area contributed by atoms with Crippen molar-refractivity contribution >= 4 is 35.8 Å². The number of aliphatic carboxylic acids is 1. The van der Waals surface area contributed by atoms with Crippen LogP contribution in [-0.2, 0) is 23.9 Å². The van der Waals surface area contributed by atoms with Crippen LogP contribution in [0.1, 0.15) is 96.4 Å². The summed E-state index contributed by atoms with van der Waals surface area (Å²) in [5.74, 6) is -0.568. The number of carbonyl (C=O) groups is 6.